The van der Waals surface area contributed by atoms with Crippen molar-refractivity contribution in [1.82, 2.24) is 0 Å². The van der Waals surface area contributed by atoms with E-state index in [-0.39, 0.29) is 18.0 Å². The number of nitro groups is 1. The highest BCUT2D eigenvalue weighted by atomic mass is 16.6. The average Bonchev–Trinajstić information content (AvgIpc) is 2.41. The van der Waals surface area contributed by atoms with Crippen molar-refractivity contribution in [3.05, 3.63) is 40.0 Å². The summed E-state index contributed by atoms with van der Waals surface area (Å²) in [7, 11) is 0. The molecule has 0 aliphatic heterocycles. The van der Waals surface area contributed by atoms with E-state index < -0.39 is 10.9 Å². The predicted molar refractivity (Wildman–Crippen MR) is 73.3 cm³/mol. The van der Waals surface area contributed by atoms with Crippen molar-refractivity contribution in [3.63, 3.8) is 0 Å². The Morgan fingerprint density at radius 3 is 2.90 bits per heavy atom. The summed E-state index contributed by atoms with van der Waals surface area (Å²) in [4.78, 5) is 20.8. The van der Waals surface area contributed by atoms with E-state index in [4.69, 9.17) is 9.84 Å². The lowest BCUT2D eigenvalue weighted by atomic mass is 10.1. The van der Waals surface area contributed by atoms with Crippen molar-refractivity contribution in [2.75, 3.05) is 6.61 Å². The summed E-state index contributed by atoms with van der Waals surface area (Å²) in [6.45, 7) is 1.92. The smallest absolute Gasteiger partial charge is 0.328 e. The molecule has 0 bridgehead atoms. The molecule has 1 N–H and O–H groups in total. The van der Waals surface area contributed by atoms with E-state index in [1.54, 1.807) is 6.92 Å². The van der Waals surface area contributed by atoms with Crippen LogP contribution in [0.5, 0.6) is 5.75 Å². The van der Waals surface area contributed by atoms with E-state index >= 15 is 0 Å². The Hall–Kier alpha value is -2.81. The molecule has 0 aliphatic rings. The number of ether oxygens (including phenoxy) is 1. The van der Waals surface area contributed by atoms with Crippen LogP contribution < -0.4 is 4.74 Å². The van der Waals surface area contributed by atoms with Crippen molar-refractivity contribution in [2.45, 2.75) is 13.3 Å². The standard InChI is InChI=1S/C14H13NO5/c1-2-3-4-9-20-13-10-11(6-8-14(16)17)5-7-12(13)15(18)19/h5-8,10H,4,9H2,1H3,(H,16,17)/b8-6+. The summed E-state index contributed by atoms with van der Waals surface area (Å²) in [6, 6.07) is 4.16. The topological polar surface area (TPSA) is 89.7 Å². The molecule has 0 saturated heterocycles. The predicted octanol–water partition coefficient (Wildman–Crippen LogP) is 2.48. The van der Waals surface area contributed by atoms with Crippen LogP contribution in [-0.4, -0.2) is 22.6 Å². The molecule has 0 unspecified atom stereocenters. The number of aliphatic carboxylic acids is 1. The largest absolute Gasteiger partial charge is 0.486 e. The maximum absolute atomic E-state index is 10.9. The van der Waals surface area contributed by atoms with E-state index in [9.17, 15) is 14.9 Å². The van der Waals surface area contributed by atoms with Gasteiger partial charge in [-0.1, -0.05) is 0 Å². The number of rotatable bonds is 6. The molecule has 0 saturated carbocycles. The van der Waals surface area contributed by atoms with Gasteiger partial charge in [-0.3, -0.25) is 10.1 Å². The second-order valence-electron chi connectivity index (χ2n) is 3.68. The Morgan fingerprint density at radius 1 is 1.55 bits per heavy atom. The van der Waals surface area contributed by atoms with Crippen LogP contribution in [0.3, 0.4) is 0 Å². The number of carbonyl (C=O) groups is 1. The van der Waals surface area contributed by atoms with Gasteiger partial charge in [0.2, 0.25) is 0 Å². The minimum Gasteiger partial charge on any atom is -0.486 e. The third-order valence-electron chi connectivity index (χ3n) is 2.26. The molecule has 104 valence electrons. The van der Waals surface area contributed by atoms with E-state index in [1.165, 1.54) is 24.3 Å². The molecule has 0 fully saturated rings. The zero-order valence-corrected chi connectivity index (χ0v) is 10.8. The summed E-state index contributed by atoms with van der Waals surface area (Å²) >= 11 is 0. The van der Waals surface area contributed by atoms with Gasteiger partial charge in [-0.05, 0) is 30.7 Å². The molecule has 6 nitrogen and oxygen atoms in total. The van der Waals surface area contributed by atoms with E-state index in [2.05, 4.69) is 11.8 Å². The lowest BCUT2D eigenvalue weighted by molar-refractivity contribution is -0.385. The molecule has 0 heterocycles. The maximum Gasteiger partial charge on any atom is 0.328 e. The second kappa shape index (κ2) is 7.59. The summed E-state index contributed by atoms with van der Waals surface area (Å²) in [6.07, 6.45) is 2.75. The lowest BCUT2D eigenvalue weighted by Crippen LogP contribution is -2.00. The molecular formula is C14H13NO5. The fourth-order valence-electron chi connectivity index (χ4n) is 1.41. The number of hydrogen-bond donors (Lipinski definition) is 1. The fourth-order valence-corrected chi connectivity index (χ4v) is 1.41. The number of carboxylic acids is 1. The molecule has 6 heteroatoms. The van der Waals surface area contributed by atoms with Crippen LogP contribution in [0.4, 0.5) is 5.69 Å². The quantitative estimate of drug-likeness (QED) is 0.283. The Morgan fingerprint density at radius 2 is 2.30 bits per heavy atom. The summed E-state index contributed by atoms with van der Waals surface area (Å²) < 4.78 is 5.32. The highest BCUT2D eigenvalue weighted by molar-refractivity contribution is 5.85. The minimum absolute atomic E-state index is 0.0976. The Kier molecular flexibility index (Phi) is 5.78. The molecule has 0 radical (unpaired) electrons. The van der Waals surface area contributed by atoms with Crippen LogP contribution in [0.2, 0.25) is 0 Å². The summed E-state index contributed by atoms with van der Waals surface area (Å²) in [5.41, 5.74) is 0.344. The Balaban J connectivity index is 2.95. The van der Waals surface area contributed by atoms with Crippen molar-refractivity contribution >= 4 is 17.7 Å². The number of nitro benzene ring substituents is 1. The van der Waals surface area contributed by atoms with Gasteiger partial charge < -0.3 is 9.84 Å². The van der Waals surface area contributed by atoms with Crippen LogP contribution >= 0.6 is 0 Å². The number of hydrogen-bond acceptors (Lipinski definition) is 4. The zero-order valence-electron chi connectivity index (χ0n) is 10.8. The minimum atomic E-state index is -1.09. The van der Waals surface area contributed by atoms with Gasteiger partial charge in [-0.2, -0.15) is 0 Å². The summed E-state index contributed by atoms with van der Waals surface area (Å²) in [5, 5.41) is 19.4. The van der Waals surface area contributed by atoms with E-state index in [1.807, 2.05) is 0 Å². The number of carboxylic acid groups (broad SMARTS) is 1. The SMILES string of the molecule is CC#CCCOc1cc(/C=C/C(=O)O)ccc1[N+](=O)[O-]. The Bertz CT molecular complexity index is 595. The fraction of sp³-hybridized carbons (Fsp3) is 0.214. The molecule has 1 aromatic carbocycles. The number of benzene rings is 1. The first-order valence-corrected chi connectivity index (χ1v) is 5.76. The first kappa shape index (κ1) is 15.2. The Labute approximate surface area is 115 Å². The molecule has 0 spiro atoms. The van der Waals surface area contributed by atoms with Gasteiger partial charge >= 0.3 is 11.7 Å². The third kappa shape index (κ3) is 4.82. The van der Waals surface area contributed by atoms with Gasteiger partial charge in [0.25, 0.3) is 0 Å². The highest BCUT2D eigenvalue weighted by Gasteiger charge is 2.14. The first-order valence-electron chi connectivity index (χ1n) is 5.76. The molecule has 1 aromatic rings. The van der Waals surface area contributed by atoms with Crippen molar-refractivity contribution in [1.29, 1.82) is 0 Å². The zero-order chi connectivity index (χ0) is 15.0. The molecular weight excluding hydrogens is 262 g/mol. The lowest BCUT2D eigenvalue weighted by Gasteiger charge is -2.05. The van der Waals surface area contributed by atoms with Gasteiger partial charge in [0.05, 0.1) is 11.5 Å². The molecule has 0 atom stereocenters. The highest BCUT2D eigenvalue weighted by Crippen LogP contribution is 2.28. The van der Waals surface area contributed by atoms with Gasteiger partial charge in [-0.15, -0.1) is 11.8 Å². The average molecular weight is 275 g/mol. The second-order valence-corrected chi connectivity index (χ2v) is 3.68. The first-order chi connectivity index (χ1) is 9.54. The molecule has 0 aromatic heterocycles. The molecule has 0 aliphatic carbocycles. The van der Waals surface area contributed by atoms with Crippen LogP contribution in [0, 0.1) is 22.0 Å². The van der Waals surface area contributed by atoms with Crippen LogP contribution in [-0.2, 0) is 4.79 Å². The van der Waals surface area contributed by atoms with Crippen molar-refractivity contribution in [2.24, 2.45) is 0 Å². The van der Waals surface area contributed by atoms with Gasteiger partial charge in [-0.25, -0.2) is 4.79 Å². The normalized spacial score (nSPS) is 9.85. The van der Waals surface area contributed by atoms with Gasteiger partial charge in [0, 0.05) is 18.6 Å². The van der Waals surface area contributed by atoms with Crippen LogP contribution in [0.1, 0.15) is 18.9 Å². The van der Waals surface area contributed by atoms with E-state index in [0.29, 0.717) is 12.0 Å². The van der Waals surface area contributed by atoms with Crippen molar-refractivity contribution < 1.29 is 19.6 Å². The third-order valence-corrected chi connectivity index (χ3v) is 2.26. The maximum atomic E-state index is 10.9. The van der Waals surface area contributed by atoms with E-state index in [0.717, 1.165) is 6.08 Å². The van der Waals surface area contributed by atoms with Gasteiger partial charge in [0.15, 0.2) is 5.75 Å². The molecule has 20 heavy (non-hydrogen) atoms. The number of nitrogens with zero attached hydrogens (tertiary/aromatic N) is 1. The monoisotopic (exact) mass is 275 g/mol. The van der Waals surface area contributed by atoms with Gasteiger partial charge in [0.1, 0.15) is 0 Å². The molecule has 1 rings (SSSR count). The molecule has 0 amide bonds. The van der Waals surface area contributed by atoms with Crippen LogP contribution in [0.15, 0.2) is 24.3 Å². The van der Waals surface area contributed by atoms with Crippen LogP contribution in [0.25, 0.3) is 6.08 Å². The van der Waals surface area contributed by atoms with Crippen molar-refractivity contribution in [3.8, 4) is 17.6 Å². The summed E-state index contributed by atoms with van der Waals surface area (Å²) in [5.74, 6) is 4.48.